The zero-order valence-electron chi connectivity index (χ0n) is 25.3. The fourth-order valence-electron chi connectivity index (χ4n) is 7.40. The molecule has 5 heterocycles. The average Bonchev–Trinajstić information content (AvgIpc) is 3.75. The van der Waals surface area contributed by atoms with Gasteiger partial charge in [-0.05, 0) is 93.2 Å². The number of benzene rings is 1. The number of halogens is 1. The number of aryl methyl sites for hydroxylation is 1. The zero-order chi connectivity index (χ0) is 29.4. The van der Waals surface area contributed by atoms with Crippen molar-refractivity contribution in [2.24, 2.45) is 17.8 Å². The Balaban J connectivity index is 1.19. The van der Waals surface area contributed by atoms with Crippen LogP contribution in [0.5, 0.6) is 0 Å². The van der Waals surface area contributed by atoms with Crippen LogP contribution in [0.1, 0.15) is 67.4 Å². The first-order valence-electron chi connectivity index (χ1n) is 15.8. The molecule has 1 aromatic carbocycles. The number of likely N-dealkylation sites (tertiary alicyclic amines) is 3. The van der Waals surface area contributed by atoms with Crippen LogP contribution in [0.4, 0.5) is 4.39 Å². The van der Waals surface area contributed by atoms with E-state index in [9.17, 15) is 14.0 Å². The lowest BCUT2D eigenvalue weighted by Gasteiger charge is -2.34. The molecule has 6 rings (SSSR count). The standard InChI is InChI=1S/C34H44FN5O2/c1-23(2)33(41)39-14-9-25(10-15-39)20-37-13-8-26(21-37)16-27-22-40(31-19-36-18-24(3)32(27)31)30-7-6-28(35)17-29(30)34(42)38-11-4-5-12-38/h6-7,17-19,22-23,25-26H,4-5,8-16,20-21H2,1-3H3/t26-/m0/s1. The van der Waals surface area contributed by atoms with Crippen LogP contribution in [0.2, 0.25) is 0 Å². The summed E-state index contributed by atoms with van der Waals surface area (Å²) in [6.45, 7) is 12.6. The van der Waals surface area contributed by atoms with Gasteiger partial charge in [0.15, 0.2) is 0 Å². The topological polar surface area (TPSA) is 61.7 Å². The smallest absolute Gasteiger partial charge is 0.256 e. The van der Waals surface area contributed by atoms with Gasteiger partial charge in [0, 0.05) is 63.0 Å². The third kappa shape index (κ3) is 5.83. The predicted octanol–water partition coefficient (Wildman–Crippen LogP) is 5.47. The molecule has 3 fully saturated rings. The number of piperidine rings is 1. The summed E-state index contributed by atoms with van der Waals surface area (Å²) in [5, 5.41) is 1.19. The largest absolute Gasteiger partial charge is 0.342 e. The summed E-state index contributed by atoms with van der Waals surface area (Å²) in [6.07, 6.45) is 12.2. The number of hydrogen-bond donors (Lipinski definition) is 0. The number of fused-ring (bicyclic) bond motifs is 1. The summed E-state index contributed by atoms with van der Waals surface area (Å²) in [7, 11) is 0. The van der Waals surface area contributed by atoms with E-state index >= 15 is 0 Å². The maximum absolute atomic E-state index is 14.4. The van der Waals surface area contributed by atoms with Gasteiger partial charge in [-0.15, -0.1) is 0 Å². The zero-order valence-corrected chi connectivity index (χ0v) is 25.3. The van der Waals surface area contributed by atoms with Crippen molar-refractivity contribution in [1.29, 1.82) is 0 Å². The van der Waals surface area contributed by atoms with Gasteiger partial charge in [0.1, 0.15) is 5.82 Å². The summed E-state index contributed by atoms with van der Waals surface area (Å²) in [6, 6.07) is 4.58. The average molecular weight is 574 g/mol. The number of rotatable bonds is 7. The summed E-state index contributed by atoms with van der Waals surface area (Å²) < 4.78 is 16.5. The molecule has 7 nitrogen and oxygen atoms in total. The fourth-order valence-corrected chi connectivity index (χ4v) is 7.40. The Morgan fingerprint density at radius 1 is 0.976 bits per heavy atom. The molecule has 2 aromatic heterocycles. The molecule has 3 aromatic rings. The first kappa shape index (κ1) is 28.8. The van der Waals surface area contributed by atoms with E-state index in [0.717, 1.165) is 95.4 Å². The van der Waals surface area contributed by atoms with Crippen molar-refractivity contribution in [3.63, 3.8) is 0 Å². The highest BCUT2D eigenvalue weighted by molar-refractivity contribution is 5.99. The SMILES string of the molecule is Cc1cncc2c1c(C[C@@H]1CCN(CC3CCN(C(=O)C(C)C)CC3)C1)cn2-c1ccc(F)cc1C(=O)N1CCCC1. The van der Waals surface area contributed by atoms with Crippen LogP contribution in [-0.4, -0.2) is 81.9 Å². The molecule has 224 valence electrons. The molecule has 0 unspecified atom stereocenters. The number of hydrogen-bond acceptors (Lipinski definition) is 4. The van der Waals surface area contributed by atoms with Gasteiger partial charge in [-0.3, -0.25) is 14.6 Å². The van der Waals surface area contributed by atoms with Gasteiger partial charge >= 0.3 is 0 Å². The summed E-state index contributed by atoms with van der Waals surface area (Å²) in [4.78, 5) is 36.8. The van der Waals surface area contributed by atoms with Gasteiger partial charge in [-0.2, -0.15) is 0 Å². The monoisotopic (exact) mass is 573 g/mol. The number of nitrogens with zero attached hydrogens (tertiary/aromatic N) is 5. The maximum Gasteiger partial charge on any atom is 0.256 e. The Morgan fingerprint density at radius 2 is 1.71 bits per heavy atom. The Labute approximate surface area is 248 Å². The Kier molecular flexibility index (Phi) is 8.35. The van der Waals surface area contributed by atoms with Crippen molar-refractivity contribution >= 4 is 22.7 Å². The second-order valence-electron chi connectivity index (χ2n) is 13.1. The lowest BCUT2D eigenvalue weighted by atomic mass is 9.95. The molecule has 0 spiro atoms. The van der Waals surface area contributed by atoms with Gasteiger partial charge in [0.05, 0.1) is 23.0 Å². The highest BCUT2D eigenvalue weighted by Crippen LogP contribution is 2.33. The number of carbonyl (C=O) groups excluding carboxylic acids is 2. The quantitative estimate of drug-likeness (QED) is 0.376. The van der Waals surface area contributed by atoms with Gasteiger partial charge in [0.25, 0.3) is 5.91 Å². The fraction of sp³-hybridized carbons (Fsp3) is 0.559. The number of pyridine rings is 1. The third-order valence-electron chi connectivity index (χ3n) is 9.64. The molecular weight excluding hydrogens is 529 g/mol. The first-order valence-corrected chi connectivity index (χ1v) is 15.8. The second kappa shape index (κ2) is 12.2. The highest BCUT2D eigenvalue weighted by Gasteiger charge is 2.30. The molecule has 1 atom stereocenters. The lowest BCUT2D eigenvalue weighted by molar-refractivity contribution is -0.135. The van der Waals surface area contributed by atoms with Crippen LogP contribution < -0.4 is 0 Å². The van der Waals surface area contributed by atoms with Crippen molar-refractivity contribution in [1.82, 2.24) is 24.3 Å². The molecule has 0 radical (unpaired) electrons. The molecular formula is C34H44FN5O2. The third-order valence-corrected chi connectivity index (χ3v) is 9.64. The van der Waals surface area contributed by atoms with Crippen molar-refractivity contribution in [3.8, 4) is 5.69 Å². The van der Waals surface area contributed by atoms with Crippen molar-refractivity contribution in [2.45, 2.75) is 59.3 Å². The first-order chi connectivity index (χ1) is 20.3. The van der Waals surface area contributed by atoms with E-state index in [-0.39, 0.29) is 17.7 Å². The van der Waals surface area contributed by atoms with Crippen molar-refractivity contribution in [2.75, 3.05) is 45.8 Å². The normalized spacial score (nSPS) is 20.4. The van der Waals surface area contributed by atoms with Crippen molar-refractivity contribution < 1.29 is 14.0 Å². The van der Waals surface area contributed by atoms with E-state index in [1.807, 2.05) is 36.0 Å². The molecule has 0 aliphatic carbocycles. The summed E-state index contributed by atoms with van der Waals surface area (Å²) >= 11 is 0. The molecule has 2 amide bonds. The van der Waals surface area contributed by atoms with E-state index in [1.165, 1.54) is 23.1 Å². The molecule has 3 aliphatic heterocycles. The predicted molar refractivity (Wildman–Crippen MR) is 163 cm³/mol. The molecule has 3 saturated heterocycles. The van der Waals surface area contributed by atoms with Gasteiger partial charge in [-0.1, -0.05) is 13.8 Å². The number of carbonyl (C=O) groups is 2. The van der Waals surface area contributed by atoms with Crippen LogP contribution >= 0.6 is 0 Å². The Bertz CT molecular complexity index is 1450. The number of amides is 2. The van der Waals surface area contributed by atoms with E-state index in [2.05, 4.69) is 27.6 Å². The number of aromatic nitrogens is 2. The van der Waals surface area contributed by atoms with E-state index in [0.29, 0.717) is 23.1 Å². The molecule has 0 N–H and O–H groups in total. The molecule has 3 aliphatic rings. The molecule has 42 heavy (non-hydrogen) atoms. The minimum absolute atomic E-state index is 0.0754. The van der Waals surface area contributed by atoms with Crippen LogP contribution in [0.25, 0.3) is 16.6 Å². The van der Waals surface area contributed by atoms with Crippen LogP contribution in [-0.2, 0) is 11.2 Å². The van der Waals surface area contributed by atoms with Crippen LogP contribution in [0.3, 0.4) is 0 Å². The minimum Gasteiger partial charge on any atom is -0.342 e. The molecule has 0 saturated carbocycles. The lowest BCUT2D eigenvalue weighted by Crippen LogP contribution is -2.42. The minimum atomic E-state index is -0.393. The Hall–Kier alpha value is -3.26. The van der Waals surface area contributed by atoms with E-state index in [1.54, 1.807) is 6.07 Å². The summed E-state index contributed by atoms with van der Waals surface area (Å²) in [5.41, 5.74) is 4.47. The van der Waals surface area contributed by atoms with Gasteiger partial charge in [-0.25, -0.2) is 4.39 Å². The van der Waals surface area contributed by atoms with Gasteiger partial charge < -0.3 is 19.3 Å². The van der Waals surface area contributed by atoms with Crippen LogP contribution in [0, 0.1) is 30.5 Å². The molecule has 8 heteroatoms. The van der Waals surface area contributed by atoms with E-state index in [4.69, 9.17) is 0 Å². The highest BCUT2D eigenvalue weighted by atomic mass is 19.1. The van der Waals surface area contributed by atoms with Crippen LogP contribution in [0.15, 0.2) is 36.8 Å². The van der Waals surface area contributed by atoms with Gasteiger partial charge in [0.2, 0.25) is 5.91 Å². The second-order valence-corrected chi connectivity index (χ2v) is 13.1. The molecule has 0 bridgehead atoms. The van der Waals surface area contributed by atoms with E-state index < -0.39 is 5.82 Å². The van der Waals surface area contributed by atoms with Crippen molar-refractivity contribution in [3.05, 3.63) is 59.3 Å². The maximum atomic E-state index is 14.4. The Morgan fingerprint density at radius 3 is 2.45 bits per heavy atom. The summed E-state index contributed by atoms with van der Waals surface area (Å²) in [5.74, 6) is 1.07.